The van der Waals surface area contributed by atoms with Crippen LogP contribution >= 0.6 is 11.8 Å². The third kappa shape index (κ3) is 11.3. The fourth-order valence-electron chi connectivity index (χ4n) is 5.85. The standard InChI is InChI=1S/C18H28N2.C15H21NOS.3CH4/c1-18(2,3)13-15-6-8-16(9-7-15)20-12-11-19-10-4-5-17(19)14-20;1-15(2,3)10-11-4-6-12(7-5-11)13-14(17)16-8-9-18-13;;;/h6-9,17H,4-5,10-14H2,1-3H3;4-7,13H,8-10H2,1-3H3,(H,16,17);3*1H4. The Morgan fingerprint density at radius 1 is 0.805 bits per heavy atom. The normalized spacial score (nSPS) is 20.7. The second kappa shape index (κ2) is 16.0. The Morgan fingerprint density at radius 3 is 1.90 bits per heavy atom. The lowest BCUT2D eigenvalue weighted by molar-refractivity contribution is -0.120. The van der Waals surface area contributed by atoms with Gasteiger partial charge in [-0.3, -0.25) is 9.69 Å². The molecule has 0 bridgehead atoms. The second-order valence-corrected chi connectivity index (χ2v) is 14.9. The molecule has 2 unspecified atom stereocenters. The number of carbonyl (C=O) groups is 1. The summed E-state index contributed by atoms with van der Waals surface area (Å²) in [7, 11) is 0. The quantitative estimate of drug-likeness (QED) is 0.391. The van der Waals surface area contributed by atoms with Crippen LogP contribution in [0.4, 0.5) is 5.69 Å². The molecule has 1 N–H and O–H groups in total. The molecule has 3 aliphatic rings. The van der Waals surface area contributed by atoms with Gasteiger partial charge in [0.15, 0.2) is 0 Å². The van der Waals surface area contributed by atoms with Crippen molar-refractivity contribution in [2.45, 2.75) is 101 Å². The largest absolute Gasteiger partial charge is 0.369 e. The van der Waals surface area contributed by atoms with Crippen molar-refractivity contribution in [2.24, 2.45) is 10.8 Å². The molecule has 0 spiro atoms. The maximum atomic E-state index is 11.8. The van der Waals surface area contributed by atoms with Crippen LogP contribution in [-0.2, 0) is 17.6 Å². The molecule has 1 amide bonds. The molecule has 3 fully saturated rings. The van der Waals surface area contributed by atoms with E-state index < -0.39 is 0 Å². The van der Waals surface area contributed by atoms with Gasteiger partial charge in [-0.15, -0.1) is 11.8 Å². The van der Waals surface area contributed by atoms with Crippen molar-refractivity contribution in [1.29, 1.82) is 0 Å². The van der Waals surface area contributed by atoms with Crippen molar-refractivity contribution in [3.8, 4) is 0 Å². The zero-order chi connectivity index (χ0) is 27.3. The van der Waals surface area contributed by atoms with Crippen molar-refractivity contribution in [2.75, 3.05) is 43.4 Å². The van der Waals surface area contributed by atoms with Crippen molar-refractivity contribution in [3.05, 3.63) is 65.2 Å². The van der Waals surface area contributed by atoms with Crippen LogP contribution in [0.1, 0.15) is 98.6 Å². The number of amides is 1. The number of fused-ring (bicyclic) bond motifs is 1. The van der Waals surface area contributed by atoms with Gasteiger partial charge in [0, 0.05) is 43.7 Å². The van der Waals surface area contributed by atoms with Gasteiger partial charge < -0.3 is 10.2 Å². The minimum atomic E-state index is -0.0255. The van der Waals surface area contributed by atoms with Crippen molar-refractivity contribution >= 4 is 23.4 Å². The Hall–Kier alpha value is -1.98. The predicted molar refractivity (Wildman–Crippen MR) is 184 cm³/mol. The van der Waals surface area contributed by atoms with Crippen molar-refractivity contribution in [1.82, 2.24) is 10.2 Å². The molecule has 2 atom stereocenters. The van der Waals surface area contributed by atoms with E-state index in [-0.39, 0.29) is 33.4 Å². The lowest BCUT2D eigenvalue weighted by Gasteiger charge is -2.38. The summed E-state index contributed by atoms with van der Waals surface area (Å²) in [6.45, 7) is 19.4. The monoisotopic (exact) mass is 583 g/mol. The summed E-state index contributed by atoms with van der Waals surface area (Å²) in [6.07, 6.45) is 5.00. The van der Waals surface area contributed by atoms with Crippen LogP contribution in [0.15, 0.2) is 48.5 Å². The van der Waals surface area contributed by atoms with Crippen LogP contribution in [0.2, 0.25) is 0 Å². The maximum Gasteiger partial charge on any atom is 0.237 e. The fraction of sp³-hybridized carbons (Fsp3) is 0.639. The number of benzene rings is 2. The summed E-state index contributed by atoms with van der Waals surface area (Å²) in [5.74, 6) is 1.15. The molecule has 2 aromatic carbocycles. The molecule has 3 aliphatic heterocycles. The van der Waals surface area contributed by atoms with Gasteiger partial charge in [-0.1, -0.05) is 100 Å². The molecule has 5 heteroatoms. The number of nitrogens with zero attached hydrogens (tertiary/aromatic N) is 2. The molecule has 0 aromatic heterocycles. The number of thioether (sulfide) groups is 1. The summed E-state index contributed by atoms with van der Waals surface area (Å²) < 4.78 is 0. The molecule has 3 saturated heterocycles. The van der Waals surface area contributed by atoms with Gasteiger partial charge in [-0.25, -0.2) is 0 Å². The van der Waals surface area contributed by atoms with Gasteiger partial charge in [-0.2, -0.15) is 0 Å². The summed E-state index contributed by atoms with van der Waals surface area (Å²) in [6, 6.07) is 18.6. The number of anilines is 1. The highest BCUT2D eigenvalue weighted by atomic mass is 32.2. The zero-order valence-electron chi connectivity index (χ0n) is 24.6. The average molecular weight is 584 g/mol. The van der Waals surface area contributed by atoms with E-state index in [1.807, 2.05) is 0 Å². The fourth-order valence-corrected chi connectivity index (χ4v) is 6.89. The Labute approximate surface area is 258 Å². The Bertz CT molecular complexity index is 1040. The van der Waals surface area contributed by atoms with E-state index >= 15 is 0 Å². The van der Waals surface area contributed by atoms with E-state index in [9.17, 15) is 4.79 Å². The van der Waals surface area contributed by atoms with E-state index in [2.05, 4.69) is 105 Å². The molecular weight excluding hydrogens is 522 g/mol. The highest BCUT2D eigenvalue weighted by Crippen LogP contribution is 2.32. The van der Waals surface area contributed by atoms with Gasteiger partial charge in [0.05, 0.1) is 0 Å². The number of hydrogen-bond acceptors (Lipinski definition) is 4. The highest BCUT2D eigenvalue weighted by molar-refractivity contribution is 8.00. The summed E-state index contributed by atoms with van der Waals surface area (Å²) in [4.78, 5) is 17.0. The minimum Gasteiger partial charge on any atom is -0.369 e. The highest BCUT2D eigenvalue weighted by Gasteiger charge is 2.30. The average Bonchev–Trinajstić information content (AvgIpc) is 3.32. The first-order chi connectivity index (χ1) is 18.0. The van der Waals surface area contributed by atoms with Gasteiger partial charge in [0.1, 0.15) is 5.25 Å². The third-order valence-corrected chi connectivity index (χ3v) is 8.82. The third-order valence-electron chi connectivity index (χ3n) is 7.56. The summed E-state index contributed by atoms with van der Waals surface area (Å²) >= 11 is 1.73. The van der Waals surface area contributed by atoms with Crippen LogP contribution in [0.5, 0.6) is 0 Å². The number of hydrogen-bond donors (Lipinski definition) is 1. The zero-order valence-corrected chi connectivity index (χ0v) is 25.4. The molecule has 3 heterocycles. The maximum absolute atomic E-state index is 11.8. The first kappa shape index (κ1) is 37.0. The number of piperazine rings is 1. The smallest absolute Gasteiger partial charge is 0.237 e. The van der Waals surface area contributed by atoms with Crippen LogP contribution in [0, 0.1) is 10.8 Å². The number of rotatable bonds is 4. The lowest BCUT2D eigenvalue weighted by atomic mass is 9.88. The van der Waals surface area contributed by atoms with Gasteiger partial charge in [0.25, 0.3) is 0 Å². The lowest BCUT2D eigenvalue weighted by Crippen LogP contribution is -2.50. The van der Waals surface area contributed by atoms with Crippen LogP contribution in [0.25, 0.3) is 0 Å². The Kier molecular flexibility index (Phi) is 14.5. The molecule has 232 valence electrons. The second-order valence-electron chi connectivity index (χ2n) is 13.7. The Morgan fingerprint density at radius 2 is 1.37 bits per heavy atom. The van der Waals surface area contributed by atoms with E-state index in [0.717, 1.165) is 36.7 Å². The van der Waals surface area contributed by atoms with E-state index in [1.54, 1.807) is 11.8 Å². The van der Waals surface area contributed by atoms with Crippen molar-refractivity contribution < 1.29 is 4.79 Å². The molecule has 41 heavy (non-hydrogen) atoms. The number of nitrogens with one attached hydrogen (secondary N) is 1. The number of carbonyl (C=O) groups excluding carboxylic acids is 1. The first-order valence-electron chi connectivity index (χ1n) is 14.5. The van der Waals surface area contributed by atoms with Crippen LogP contribution in [0.3, 0.4) is 0 Å². The van der Waals surface area contributed by atoms with E-state index in [0.29, 0.717) is 10.8 Å². The van der Waals surface area contributed by atoms with Crippen LogP contribution in [-0.4, -0.2) is 55.3 Å². The van der Waals surface area contributed by atoms with Gasteiger partial charge >= 0.3 is 0 Å². The molecule has 0 radical (unpaired) electrons. The molecule has 2 aromatic rings. The molecular formula is C36H61N3OS. The summed E-state index contributed by atoms with van der Waals surface area (Å²) in [5, 5.41) is 2.90. The van der Waals surface area contributed by atoms with Crippen molar-refractivity contribution in [3.63, 3.8) is 0 Å². The van der Waals surface area contributed by atoms with Gasteiger partial charge in [0.2, 0.25) is 5.91 Å². The van der Waals surface area contributed by atoms with Gasteiger partial charge in [-0.05, 0) is 71.9 Å². The molecule has 0 saturated carbocycles. The summed E-state index contributed by atoms with van der Waals surface area (Å²) in [5.41, 5.74) is 6.01. The van der Waals surface area contributed by atoms with Crippen LogP contribution < -0.4 is 10.2 Å². The minimum absolute atomic E-state index is 0. The van der Waals surface area contributed by atoms with E-state index in [4.69, 9.17) is 0 Å². The molecule has 0 aliphatic carbocycles. The molecule has 4 nitrogen and oxygen atoms in total. The molecule has 5 rings (SSSR count). The SMILES string of the molecule is C.C.C.CC(C)(C)Cc1ccc(C2SCCNC2=O)cc1.CC(C)(C)Cc1ccc(N2CCN3CCCC3C2)cc1. The first-order valence-corrected chi connectivity index (χ1v) is 15.6. The topological polar surface area (TPSA) is 35.6 Å². The van der Waals surface area contributed by atoms with E-state index in [1.165, 1.54) is 55.8 Å². The Balaban J connectivity index is 0.000000384. The predicted octanol–water partition coefficient (Wildman–Crippen LogP) is 8.65.